The smallest absolute Gasteiger partial charge is 0.242 e. The van der Waals surface area contributed by atoms with Gasteiger partial charge in [0, 0.05) is 6.04 Å². The van der Waals surface area contributed by atoms with Crippen LogP contribution in [0.1, 0.15) is 18.4 Å². The summed E-state index contributed by atoms with van der Waals surface area (Å²) in [5, 5.41) is 0. The van der Waals surface area contributed by atoms with Crippen molar-refractivity contribution in [3.8, 4) is 0 Å². The molecule has 1 saturated heterocycles. The Morgan fingerprint density at radius 1 is 1.33 bits per heavy atom. The van der Waals surface area contributed by atoms with Crippen molar-refractivity contribution in [2.45, 2.75) is 30.7 Å². The number of rotatable bonds is 3. The summed E-state index contributed by atoms with van der Waals surface area (Å²) in [5.74, 6) is 2.02. The highest BCUT2D eigenvalue weighted by molar-refractivity contribution is 7.99. The molecule has 0 radical (unpaired) electrons. The van der Waals surface area contributed by atoms with Crippen LogP contribution in [0.5, 0.6) is 0 Å². The van der Waals surface area contributed by atoms with Gasteiger partial charge in [0.2, 0.25) is 10.0 Å². The fraction of sp³-hybridized carbons (Fsp3) is 0.500. The molecule has 4 nitrogen and oxygen atoms in total. The van der Waals surface area contributed by atoms with Gasteiger partial charge in [-0.15, -0.1) is 0 Å². The Morgan fingerprint density at radius 2 is 2.00 bits per heavy atom. The first-order valence-electron chi connectivity index (χ1n) is 5.95. The Hall–Kier alpha value is -0.720. The van der Waals surface area contributed by atoms with Crippen LogP contribution in [0, 0.1) is 6.92 Å². The average molecular weight is 286 g/mol. The van der Waals surface area contributed by atoms with Gasteiger partial charge >= 0.3 is 0 Å². The monoisotopic (exact) mass is 286 g/mol. The molecule has 0 saturated carbocycles. The van der Waals surface area contributed by atoms with E-state index in [2.05, 4.69) is 4.72 Å². The lowest BCUT2D eigenvalue weighted by Gasteiger charge is -2.22. The maximum absolute atomic E-state index is 12.2. The van der Waals surface area contributed by atoms with Gasteiger partial charge in [0.15, 0.2) is 0 Å². The number of nitrogens with one attached hydrogen (secondary N) is 1. The number of thioether (sulfide) groups is 1. The number of aryl methyl sites for hydroxylation is 1. The third-order valence-corrected chi connectivity index (χ3v) is 5.64. The maximum atomic E-state index is 12.2. The van der Waals surface area contributed by atoms with E-state index in [1.807, 2.05) is 18.7 Å². The molecule has 1 aromatic carbocycles. The molecule has 0 aromatic heterocycles. The lowest BCUT2D eigenvalue weighted by atomic mass is 10.2. The molecule has 1 fully saturated rings. The van der Waals surface area contributed by atoms with Crippen molar-refractivity contribution in [3.05, 3.63) is 23.8 Å². The first-order valence-corrected chi connectivity index (χ1v) is 8.59. The zero-order valence-corrected chi connectivity index (χ0v) is 12.0. The van der Waals surface area contributed by atoms with E-state index in [1.165, 1.54) is 0 Å². The minimum absolute atomic E-state index is 0.0388. The SMILES string of the molecule is Cc1ccc(S(=O)(=O)NC2CCSCC2)c(N)c1. The van der Waals surface area contributed by atoms with Crippen LogP contribution in [-0.2, 0) is 10.0 Å². The highest BCUT2D eigenvalue weighted by atomic mass is 32.2. The second kappa shape index (κ2) is 5.50. The molecule has 0 bridgehead atoms. The average Bonchev–Trinajstić information content (AvgIpc) is 2.29. The summed E-state index contributed by atoms with van der Waals surface area (Å²) in [6.45, 7) is 1.89. The van der Waals surface area contributed by atoms with E-state index in [0.29, 0.717) is 5.69 Å². The fourth-order valence-electron chi connectivity index (χ4n) is 2.01. The van der Waals surface area contributed by atoms with E-state index in [9.17, 15) is 8.42 Å². The quantitative estimate of drug-likeness (QED) is 0.830. The maximum Gasteiger partial charge on any atom is 0.242 e. The molecule has 100 valence electrons. The van der Waals surface area contributed by atoms with Gasteiger partial charge in [-0.25, -0.2) is 13.1 Å². The standard InChI is InChI=1S/C12H18N2O2S2/c1-9-2-3-12(11(13)8-9)18(15,16)14-10-4-6-17-7-5-10/h2-3,8,10,14H,4-7,13H2,1H3. The second-order valence-corrected chi connectivity index (χ2v) is 7.46. The Morgan fingerprint density at radius 3 is 2.61 bits per heavy atom. The highest BCUT2D eigenvalue weighted by Crippen LogP contribution is 2.22. The van der Waals surface area contributed by atoms with Crippen LogP contribution in [0.25, 0.3) is 0 Å². The molecule has 0 aliphatic carbocycles. The fourth-order valence-corrected chi connectivity index (χ4v) is 4.54. The summed E-state index contributed by atoms with van der Waals surface area (Å²) in [7, 11) is -3.49. The minimum Gasteiger partial charge on any atom is -0.398 e. The highest BCUT2D eigenvalue weighted by Gasteiger charge is 2.23. The summed E-state index contributed by atoms with van der Waals surface area (Å²) < 4.78 is 27.2. The number of hydrogen-bond acceptors (Lipinski definition) is 4. The topological polar surface area (TPSA) is 72.2 Å². The Bertz CT molecular complexity index is 523. The Kier molecular flexibility index (Phi) is 4.19. The van der Waals surface area contributed by atoms with Gasteiger partial charge in [-0.05, 0) is 49.0 Å². The Labute approximate surface area is 112 Å². The van der Waals surface area contributed by atoms with E-state index in [1.54, 1.807) is 18.2 Å². The summed E-state index contributed by atoms with van der Waals surface area (Å²) >= 11 is 1.87. The van der Waals surface area contributed by atoms with E-state index in [-0.39, 0.29) is 10.9 Å². The van der Waals surface area contributed by atoms with Crippen molar-refractivity contribution >= 4 is 27.5 Å². The van der Waals surface area contributed by atoms with E-state index in [4.69, 9.17) is 5.73 Å². The van der Waals surface area contributed by atoms with Crippen molar-refractivity contribution in [2.75, 3.05) is 17.2 Å². The normalized spacial score (nSPS) is 17.8. The molecule has 3 N–H and O–H groups in total. The van der Waals surface area contributed by atoms with Gasteiger partial charge in [-0.2, -0.15) is 11.8 Å². The molecule has 1 aromatic rings. The van der Waals surface area contributed by atoms with E-state index in [0.717, 1.165) is 29.9 Å². The number of nitrogens with two attached hydrogens (primary N) is 1. The number of benzene rings is 1. The number of anilines is 1. The minimum atomic E-state index is -3.49. The molecule has 1 aliphatic rings. The van der Waals surface area contributed by atoms with Crippen LogP contribution in [0.2, 0.25) is 0 Å². The van der Waals surface area contributed by atoms with Crippen molar-refractivity contribution in [1.29, 1.82) is 0 Å². The lowest BCUT2D eigenvalue weighted by Crippen LogP contribution is -2.37. The molecule has 2 rings (SSSR count). The van der Waals surface area contributed by atoms with Gasteiger partial charge in [0.25, 0.3) is 0 Å². The molecule has 0 amide bonds. The molecule has 0 unspecified atom stereocenters. The van der Waals surface area contributed by atoms with Gasteiger partial charge in [-0.1, -0.05) is 6.07 Å². The largest absolute Gasteiger partial charge is 0.398 e. The summed E-state index contributed by atoms with van der Waals surface area (Å²) in [6, 6.07) is 5.06. The third-order valence-electron chi connectivity index (χ3n) is 3.00. The zero-order valence-electron chi connectivity index (χ0n) is 10.3. The second-order valence-electron chi connectivity index (χ2n) is 4.55. The molecule has 0 atom stereocenters. The van der Waals surface area contributed by atoms with Gasteiger partial charge in [0.1, 0.15) is 4.90 Å². The van der Waals surface area contributed by atoms with Crippen molar-refractivity contribution in [2.24, 2.45) is 0 Å². The molecule has 0 spiro atoms. The number of sulfonamides is 1. The zero-order chi connectivity index (χ0) is 13.2. The van der Waals surface area contributed by atoms with Gasteiger partial charge < -0.3 is 5.73 Å². The Balaban J connectivity index is 2.19. The molecule has 6 heteroatoms. The van der Waals surface area contributed by atoms with Crippen LogP contribution in [0.15, 0.2) is 23.1 Å². The van der Waals surface area contributed by atoms with Gasteiger partial charge in [0.05, 0.1) is 5.69 Å². The summed E-state index contributed by atoms with van der Waals surface area (Å²) in [6.07, 6.45) is 1.77. The first-order chi connectivity index (χ1) is 8.49. The van der Waals surface area contributed by atoms with Crippen LogP contribution >= 0.6 is 11.8 Å². The van der Waals surface area contributed by atoms with Gasteiger partial charge in [-0.3, -0.25) is 0 Å². The lowest BCUT2D eigenvalue weighted by molar-refractivity contribution is 0.529. The third kappa shape index (κ3) is 3.18. The summed E-state index contributed by atoms with van der Waals surface area (Å²) in [4.78, 5) is 0.186. The number of nitrogen functional groups attached to an aromatic ring is 1. The number of hydrogen-bond donors (Lipinski definition) is 2. The van der Waals surface area contributed by atoms with Crippen molar-refractivity contribution in [3.63, 3.8) is 0 Å². The molecule has 1 aliphatic heterocycles. The molecular formula is C12H18N2O2S2. The van der Waals surface area contributed by atoms with E-state index < -0.39 is 10.0 Å². The van der Waals surface area contributed by atoms with Crippen molar-refractivity contribution in [1.82, 2.24) is 4.72 Å². The molecular weight excluding hydrogens is 268 g/mol. The van der Waals surface area contributed by atoms with Crippen LogP contribution in [-0.4, -0.2) is 26.0 Å². The predicted molar refractivity (Wildman–Crippen MR) is 76.3 cm³/mol. The molecule has 18 heavy (non-hydrogen) atoms. The van der Waals surface area contributed by atoms with E-state index >= 15 is 0 Å². The predicted octanol–water partition coefficient (Wildman–Crippen LogP) is 1.75. The molecule has 1 heterocycles. The van der Waals surface area contributed by atoms with Crippen LogP contribution < -0.4 is 10.5 Å². The van der Waals surface area contributed by atoms with Crippen LogP contribution in [0.3, 0.4) is 0 Å². The summed E-state index contributed by atoms with van der Waals surface area (Å²) in [5.41, 5.74) is 7.06. The van der Waals surface area contributed by atoms with Crippen molar-refractivity contribution < 1.29 is 8.42 Å². The first kappa shape index (κ1) is 13.7. The van der Waals surface area contributed by atoms with Crippen LogP contribution in [0.4, 0.5) is 5.69 Å².